The smallest absolute Gasteiger partial charge is 0.222 e. The number of rotatable bonds is 8. The predicted molar refractivity (Wildman–Crippen MR) is 109 cm³/mol. The number of carbonyl (C=O) groups is 2. The molecular weight excluding hydrogens is 342 g/mol. The summed E-state index contributed by atoms with van der Waals surface area (Å²) in [6.07, 6.45) is 8.39. The van der Waals surface area contributed by atoms with Gasteiger partial charge in [0, 0.05) is 45.1 Å². The summed E-state index contributed by atoms with van der Waals surface area (Å²) in [5.74, 6) is 1.69. The van der Waals surface area contributed by atoms with Gasteiger partial charge >= 0.3 is 0 Å². The van der Waals surface area contributed by atoms with E-state index in [0.29, 0.717) is 31.8 Å². The lowest BCUT2D eigenvalue weighted by Gasteiger charge is -2.20. The van der Waals surface area contributed by atoms with E-state index in [4.69, 9.17) is 0 Å². The normalized spacial score (nSPS) is 21.2. The van der Waals surface area contributed by atoms with Gasteiger partial charge in [0.15, 0.2) is 5.96 Å². The van der Waals surface area contributed by atoms with E-state index in [1.165, 1.54) is 32.1 Å². The molecule has 154 valence electrons. The van der Waals surface area contributed by atoms with E-state index in [1.54, 1.807) is 0 Å². The van der Waals surface area contributed by atoms with E-state index in [2.05, 4.69) is 20.9 Å². The summed E-state index contributed by atoms with van der Waals surface area (Å²) in [5, 5.41) is 9.65. The molecule has 1 unspecified atom stereocenters. The Balaban J connectivity index is 1.68. The molecule has 0 spiro atoms. The number of aliphatic imine (C=N–C) groups is 1. The van der Waals surface area contributed by atoms with Crippen LogP contribution in [0.25, 0.3) is 0 Å². The van der Waals surface area contributed by atoms with Crippen LogP contribution in [0.4, 0.5) is 0 Å². The second-order valence-corrected chi connectivity index (χ2v) is 7.64. The van der Waals surface area contributed by atoms with Gasteiger partial charge in [0.05, 0.1) is 6.54 Å². The van der Waals surface area contributed by atoms with E-state index < -0.39 is 0 Å². The molecule has 2 rings (SSSR count). The highest BCUT2D eigenvalue weighted by molar-refractivity contribution is 5.81. The molecule has 1 aliphatic heterocycles. The van der Waals surface area contributed by atoms with E-state index in [1.807, 2.05) is 18.7 Å². The fourth-order valence-corrected chi connectivity index (χ4v) is 3.93. The van der Waals surface area contributed by atoms with E-state index in [-0.39, 0.29) is 17.9 Å². The van der Waals surface area contributed by atoms with Gasteiger partial charge in [-0.3, -0.25) is 14.6 Å². The van der Waals surface area contributed by atoms with Crippen LogP contribution in [0.15, 0.2) is 4.99 Å². The fraction of sp³-hybridized carbons (Fsp3) is 0.850. The van der Waals surface area contributed by atoms with Gasteiger partial charge in [-0.2, -0.15) is 0 Å². The van der Waals surface area contributed by atoms with Crippen LogP contribution in [0.1, 0.15) is 65.2 Å². The van der Waals surface area contributed by atoms with Crippen LogP contribution in [-0.2, 0) is 9.59 Å². The zero-order valence-electron chi connectivity index (χ0n) is 17.1. The minimum Gasteiger partial charge on any atom is -0.357 e. The number of hydrogen-bond acceptors (Lipinski definition) is 3. The summed E-state index contributed by atoms with van der Waals surface area (Å²) in [6.45, 7) is 7.37. The number of likely N-dealkylation sites (tertiary alicyclic amines) is 1. The molecule has 1 heterocycles. The molecular formula is C20H37N5O2. The molecule has 7 nitrogen and oxygen atoms in total. The first-order valence-electron chi connectivity index (χ1n) is 10.7. The second kappa shape index (κ2) is 11.8. The van der Waals surface area contributed by atoms with Gasteiger partial charge in [0.25, 0.3) is 0 Å². The lowest BCUT2D eigenvalue weighted by molar-refractivity contribution is -0.129. The quantitative estimate of drug-likeness (QED) is 0.340. The van der Waals surface area contributed by atoms with Crippen molar-refractivity contribution < 1.29 is 9.59 Å². The Morgan fingerprint density at radius 1 is 1.07 bits per heavy atom. The monoisotopic (exact) mass is 379 g/mol. The Labute approximate surface area is 163 Å². The van der Waals surface area contributed by atoms with Gasteiger partial charge in [-0.15, -0.1) is 0 Å². The second-order valence-electron chi connectivity index (χ2n) is 7.64. The molecule has 0 bridgehead atoms. The standard InChI is InChI=1S/C20H37N5O2/c1-3-19(27)25-13-10-17(15-25)24-20(21-4-2)23-12-11-22-18(26)14-16-8-6-5-7-9-16/h16-17H,3-15H2,1-2H3,(H,22,26)(H2,21,23,24). The van der Waals surface area contributed by atoms with E-state index >= 15 is 0 Å². The zero-order valence-corrected chi connectivity index (χ0v) is 17.1. The highest BCUT2D eigenvalue weighted by Gasteiger charge is 2.25. The SMILES string of the molecule is CCNC(=NCCNC(=O)CC1CCCCC1)NC1CCN(C(=O)CC)C1. The maximum absolute atomic E-state index is 12.1. The number of nitrogens with zero attached hydrogens (tertiary/aromatic N) is 2. The summed E-state index contributed by atoms with van der Waals surface area (Å²) in [6, 6.07) is 0.235. The van der Waals surface area contributed by atoms with Gasteiger partial charge < -0.3 is 20.9 Å². The summed E-state index contributed by atoms with van der Waals surface area (Å²) in [7, 11) is 0. The summed E-state index contributed by atoms with van der Waals surface area (Å²) < 4.78 is 0. The lowest BCUT2D eigenvalue weighted by Crippen LogP contribution is -2.45. The van der Waals surface area contributed by atoms with Crippen molar-refractivity contribution in [3.8, 4) is 0 Å². The molecule has 2 aliphatic rings. The third-order valence-electron chi connectivity index (χ3n) is 5.43. The molecule has 7 heteroatoms. The van der Waals surface area contributed by atoms with Gasteiger partial charge in [-0.05, 0) is 32.1 Å². The summed E-state index contributed by atoms with van der Waals surface area (Å²) in [5.41, 5.74) is 0. The molecule has 0 radical (unpaired) electrons. The number of amides is 2. The van der Waals surface area contributed by atoms with Gasteiger partial charge in [0.2, 0.25) is 11.8 Å². The number of nitrogens with one attached hydrogen (secondary N) is 3. The number of hydrogen-bond donors (Lipinski definition) is 3. The van der Waals surface area contributed by atoms with Gasteiger partial charge in [-0.1, -0.05) is 26.2 Å². The molecule has 27 heavy (non-hydrogen) atoms. The number of carbonyl (C=O) groups excluding carboxylic acids is 2. The van der Waals surface area contributed by atoms with Crippen LogP contribution in [0.3, 0.4) is 0 Å². The Morgan fingerprint density at radius 2 is 1.85 bits per heavy atom. The molecule has 3 N–H and O–H groups in total. The third kappa shape index (κ3) is 7.77. The summed E-state index contributed by atoms with van der Waals surface area (Å²) in [4.78, 5) is 30.3. The van der Waals surface area contributed by atoms with Crippen molar-refractivity contribution in [2.75, 3.05) is 32.7 Å². The minimum absolute atomic E-state index is 0.152. The van der Waals surface area contributed by atoms with E-state index in [0.717, 1.165) is 32.0 Å². The van der Waals surface area contributed by atoms with Crippen molar-refractivity contribution in [1.82, 2.24) is 20.9 Å². The third-order valence-corrected chi connectivity index (χ3v) is 5.43. The fourth-order valence-electron chi connectivity index (χ4n) is 3.93. The Hall–Kier alpha value is -1.79. The molecule has 0 aromatic rings. The van der Waals surface area contributed by atoms with Crippen LogP contribution < -0.4 is 16.0 Å². The van der Waals surface area contributed by atoms with Crippen molar-refractivity contribution in [1.29, 1.82) is 0 Å². The largest absolute Gasteiger partial charge is 0.357 e. The van der Waals surface area contributed by atoms with Crippen molar-refractivity contribution in [2.24, 2.45) is 10.9 Å². The number of guanidine groups is 1. The topological polar surface area (TPSA) is 85.8 Å². The summed E-state index contributed by atoms with van der Waals surface area (Å²) >= 11 is 0. The average molecular weight is 380 g/mol. The first kappa shape index (κ1) is 21.5. The highest BCUT2D eigenvalue weighted by atomic mass is 16.2. The van der Waals surface area contributed by atoms with Crippen LogP contribution in [-0.4, -0.2) is 61.4 Å². The first-order chi connectivity index (χ1) is 13.1. The maximum atomic E-state index is 12.1. The molecule has 2 amide bonds. The van der Waals surface area contributed by atoms with Crippen LogP contribution in [0.5, 0.6) is 0 Å². The molecule has 1 aliphatic carbocycles. The highest BCUT2D eigenvalue weighted by Crippen LogP contribution is 2.25. The van der Waals surface area contributed by atoms with Crippen molar-refractivity contribution in [3.63, 3.8) is 0 Å². The van der Waals surface area contributed by atoms with E-state index in [9.17, 15) is 9.59 Å². The molecule has 0 aromatic carbocycles. The molecule has 0 aromatic heterocycles. The first-order valence-corrected chi connectivity index (χ1v) is 10.7. The van der Waals surface area contributed by atoms with Crippen LogP contribution >= 0.6 is 0 Å². The van der Waals surface area contributed by atoms with Gasteiger partial charge in [0.1, 0.15) is 0 Å². The van der Waals surface area contributed by atoms with Gasteiger partial charge in [-0.25, -0.2) is 0 Å². The van der Waals surface area contributed by atoms with Crippen molar-refractivity contribution in [3.05, 3.63) is 0 Å². The maximum Gasteiger partial charge on any atom is 0.222 e. The minimum atomic E-state index is 0.152. The lowest BCUT2D eigenvalue weighted by atomic mass is 9.87. The van der Waals surface area contributed by atoms with Crippen LogP contribution in [0, 0.1) is 5.92 Å². The van der Waals surface area contributed by atoms with Crippen LogP contribution in [0.2, 0.25) is 0 Å². The van der Waals surface area contributed by atoms with Crippen molar-refractivity contribution in [2.45, 2.75) is 71.3 Å². The van der Waals surface area contributed by atoms with Crippen molar-refractivity contribution >= 4 is 17.8 Å². The predicted octanol–water partition coefficient (Wildman–Crippen LogP) is 1.64. The molecule has 1 saturated heterocycles. The Morgan fingerprint density at radius 3 is 2.56 bits per heavy atom. The Kier molecular flexibility index (Phi) is 9.42. The molecule has 1 saturated carbocycles. The molecule has 2 fully saturated rings. The zero-order chi connectivity index (χ0) is 19.5. The Bertz CT molecular complexity index is 503. The molecule has 1 atom stereocenters. The average Bonchev–Trinajstić information content (AvgIpc) is 3.14.